The lowest BCUT2D eigenvalue weighted by atomic mass is 9.97. The molecule has 1 atom stereocenters. The molecule has 8 nitrogen and oxygen atoms in total. The van der Waals surface area contributed by atoms with E-state index in [1.54, 1.807) is 60.0 Å². The molecule has 2 aromatic carbocycles. The number of fused-ring (bicyclic) bond motifs is 2. The summed E-state index contributed by atoms with van der Waals surface area (Å²) >= 11 is 0. The van der Waals surface area contributed by atoms with Gasteiger partial charge in [-0.05, 0) is 64.4 Å². The first-order chi connectivity index (χ1) is 19.4. The van der Waals surface area contributed by atoms with Crippen molar-refractivity contribution in [3.05, 3.63) is 87.4 Å². The first kappa shape index (κ1) is 26.7. The molecule has 210 valence electrons. The fraction of sp³-hybridized carbons (Fsp3) is 0.323. The number of nitrogens with zero attached hydrogens (tertiary/aromatic N) is 6. The van der Waals surface area contributed by atoms with E-state index in [9.17, 15) is 4.79 Å². The van der Waals surface area contributed by atoms with Gasteiger partial charge in [-0.25, -0.2) is 18.3 Å². The summed E-state index contributed by atoms with van der Waals surface area (Å²) in [6, 6.07) is 6.59. The van der Waals surface area contributed by atoms with Crippen molar-refractivity contribution in [1.29, 1.82) is 0 Å². The highest BCUT2D eigenvalue weighted by Crippen LogP contribution is 2.32. The van der Waals surface area contributed by atoms with Crippen molar-refractivity contribution < 1.29 is 8.78 Å². The molecule has 0 radical (unpaired) electrons. The number of rotatable bonds is 3. The smallest absolute Gasteiger partial charge is 0.310 e. The van der Waals surface area contributed by atoms with E-state index in [1.807, 2.05) is 27.7 Å². The highest BCUT2D eigenvalue weighted by molar-refractivity contribution is 5.81. The summed E-state index contributed by atoms with van der Waals surface area (Å²) in [5, 5.41) is 12.8. The van der Waals surface area contributed by atoms with Gasteiger partial charge in [-0.1, -0.05) is 11.8 Å². The topological polar surface area (TPSA) is 74.6 Å². The Morgan fingerprint density at radius 1 is 1.10 bits per heavy atom. The van der Waals surface area contributed by atoms with Crippen molar-refractivity contribution in [3.8, 4) is 29.0 Å². The van der Waals surface area contributed by atoms with Gasteiger partial charge < -0.3 is 5.32 Å². The van der Waals surface area contributed by atoms with Crippen molar-refractivity contribution in [2.75, 3.05) is 6.54 Å². The molecular formula is C31H31F2N7O. The third kappa shape index (κ3) is 4.46. The highest BCUT2D eigenvalue weighted by Gasteiger charge is 2.29. The second-order valence-corrected chi connectivity index (χ2v) is 11.6. The molecule has 0 unspecified atom stereocenters. The summed E-state index contributed by atoms with van der Waals surface area (Å²) in [5.41, 5.74) is 2.96. The average molecular weight is 556 g/mol. The lowest BCUT2D eigenvalue weighted by Gasteiger charge is -2.21. The van der Waals surface area contributed by atoms with Crippen LogP contribution in [0.3, 0.4) is 0 Å². The zero-order valence-electron chi connectivity index (χ0n) is 23.9. The van der Waals surface area contributed by atoms with Gasteiger partial charge in [-0.3, -0.25) is 13.8 Å². The second-order valence-electron chi connectivity index (χ2n) is 11.6. The summed E-state index contributed by atoms with van der Waals surface area (Å²) in [5.74, 6) is 5.71. The summed E-state index contributed by atoms with van der Waals surface area (Å²) in [4.78, 5) is 13.9. The van der Waals surface area contributed by atoms with Gasteiger partial charge in [0, 0.05) is 49.4 Å². The Morgan fingerprint density at radius 2 is 1.85 bits per heavy atom. The van der Waals surface area contributed by atoms with Gasteiger partial charge in [0.15, 0.2) is 5.82 Å². The number of benzene rings is 2. The molecular weight excluding hydrogens is 524 g/mol. The summed E-state index contributed by atoms with van der Waals surface area (Å²) < 4.78 is 36.7. The lowest BCUT2D eigenvalue weighted by Crippen LogP contribution is -2.30. The molecule has 0 saturated carbocycles. The van der Waals surface area contributed by atoms with Gasteiger partial charge >= 0.3 is 5.69 Å². The molecule has 0 bridgehead atoms. The number of aryl methyl sites for hydroxylation is 2. The molecule has 10 heteroatoms. The van der Waals surface area contributed by atoms with E-state index >= 15 is 8.78 Å². The number of aromatic nitrogens is 6. The maximum atomic E-state index is 15.6. The fourth-order valence-corrected chi connectivity index (χ4v) is 5.32. The molecule has 4 heterocycles. The Bertz CT molecular complexity index is 1960. The van der Waals surface area contributed by atoms with E-state index in [0.29, 0.717) is 34.4 Å². The van der Waals surface area contributed by atoms with Crippen LogP contribution in [0.4, 0.5) is 8.78 Å². The van der Waals surface area contributed by atoms with Gasteiger partial charge in [0.1, 0.15) is 11.6 Å². The summed E-state index contributed by atoms with van der Waals surface area (Å²) in [7, 11) is 1.74. The van der Waals surface area contributed by atoms with E-state index < -0.39 is 11.5 Å². The minimum Gasteiger partial charge on any atom is -0.310 e. The van der Waals surface area contributed by atoms with Crippen LogP contribution in [0.25, 0.3) is 28.1 Å². The molecule has 1 aliphatic rings. The predicted molar refractivity (Wildman–Crippen MR) is 154 cm³/mol. The largest absolute Gasteiger partial charge is 0.338 e. The maximum absolute atomic E-state index is 15.6. The Morgan fingerprint density at radius 3 is 2.61 bits per heavy atom. The average Bonchev–Trinajstić information content (AvgIpc) is 3.60. The van der Waals surface area contributed by atoms with E-state index in [4.69, 9.17) is 5.10 Å². The van der Waals surface area contributed by atoms with E-state index in [2.05, 4.69) is 22.3 Å². The fourth-order valence-electron chi connectivity index (χ4n) is 5.32. The number of halogens is 2. The van der Waals surface area contributed by atoms with Crippen LogP contribution in [-0.2, 0) is 13.5 Å². The van der Waals surface area contributed by atoms with Crippen LogP contribution in [0, 0.1) is 35.8 Å². The highest BCUT2D eigenvalue weighted by atomic mass is 19.1. The predicted octanol–water partition coefficient (Wildman–Crippen LogP) is 4.89. The van der Waals surface area contributed by atoms with Crippen molar-refractivity contribution >= 4 is 10.9 Å². The molecule has 1 N–H and O–H groups in total. The van der Waals surface area contributed by atoms with Crippen LogP contribution in [0.15, 0.2) is 47.7 Å². The zero-order valence-corrected chi connectivity index (χ0v) is 23.9. The number of imidazole rings is 1. The zero-order chi connectivity index (χ0) is 29.2. The van der Waals surface area contributed by atoms with Crippen molar-refractivity contribution in [1.82, 2.24) is 34.0 Å². The SMILES string of the molecule is Cc1cc(-n2nc3c(c2-n2ccn(-c4ccc5c(cnn5C)c4F)c2=O)[C@H](C)NCC3)cc(C#CC(C)(C)C)c1F. The monoisotopic (exact) mass is 555 g/mol. The minimum absolute atomic E-state index is 0.0945. The Labute approximate surface area is 236 Å². The summed E-state index contributed by atoms with van der Waals surface area (Å²) in [6.07, 6.45) is 5.27. The normalized spacial score (nSPS) is 15.2. The van der Waals surface area contributed by atoms with Crippen LogP contribution in [-0.4, -0.2) is 35.2 Å². The van der Waals surface area contributed by atoms with Crippen molar-refractivity contribution in [3.63, 3.8) is 0 Å². The van der Waals surface area contributed by atoms with Crippen LogP contribution < -0.4 is 11.0 Å². The Kier molecular flexibility index (Phi) is 6.23. The molecule has 6 rings (SSSR count). The number of nitrogens with one attached hydrogen (secondary N) is 1. The molecule has 0 amide bonds. The number of hydrogen-bond donors (Lipinski definition) is 1. The van der Waals surface area contributed by atoms with E-state index in [-0.39, 0.29) is 28.5 Å². The van der Waals surface area contributed by atoms with Gasteiger partial charge in [0.2, 0.25) is 0 Å². The van der Waals surface area contributed by atoms with Gasteiger partial charge in [0.05, 0.1) is 39.7 Å². The first-order valence-corrected chi connectivity index (χ1v) is 13.5. The second kappa shape index (κ2) is 9.56. The third-order valence-electron chi connectivity index (χ3n) is 7.38. The molecule has 0 fully saturated rings. The van der Waals surface area contributed by atoms with Gasteiger partial charge in [-0.15, -0.1) is 0 Å². The van der Waals surface area contributed by atoms with E-state index in [0.717, 1.165) is 17.8 Å². The maximum Gasteiger partial charge on any atom is 0.338 e. The lowest BCUT2D eigenvalue weighted by molar-refractivity contribution is 0.536. The molecule has 41 heavy (non-hydrogen) atoms. The van der Waals surface area contributed by atoms with Crippen LogP contribution in [0.5, 0.6) is 0 Å². The molecule has 5 aromatic rings. The van der Waals surface area contributed by atoms with Crippen LogP contribution in [0.2, 0.25) is 0 Å². The molecule has 0 aliphatic carbocycles. The molecule has 0 saturated heterocycles. The summed E-state index contributed by atoms with van der Waals surface area (Å²) in [6.45, 7) is 10.3. The standard InChI is InChI=1S/C31H31F2N7O/c1-18-15-21(16-20(27(18)32)9-11-31(3,4)5)40-29(26-19(2)34-12-10-23(26)36-40)39-14-13-38(30(39)41)25-8-7-24-22(28(25)33)17-35-37(24)6/h7-8,13-17,19,34H,10,12H2,1-6H3/t19-/m0/s1. The molecule has 3 aromatic heterocycles. The third-order valence-corrected chi connectivity index (χ3v) is 7.38. The van der Waals surface area contributed by atoms with Gasteiger partial charge in [-0.2, -0.15) is 10.2 Å². The van der Waals surface area contributed by atoms with E-state index in [1.165, 1.54) is 15.3 Å². The van der Waals surface area contributed by atoms with Gasteiger partial charge in [0.25, 0.3) is 0 Å². The first-order valence-electron chi connectivity index (χ1n) is 13.5. The Hall–Kier alpha value is -4.49. The minimum atomic E-state index is -0.530. The van der Waals surface area contributed by atoms with Crippen molar-refractivity contribution in [2.24, 2.45) is 12.5 Å². The number of hydrogen-bond acceptors (Lipinski definition) is 4. The van der Waals surface area contributed by atoms with Crippen LogP contribution >= 0.6 is 0 Å². The molecule has 1 aliphatic heterocycles. The Balaban J connectivity index is 1.57. The quantitative estimate of drug-likeness (QED) is 0.322. The van der Waals surface area contributed by atoms with Crippen LogP contribution in [0.1, 0.15) is 56.1 Å². The van der Waals surface area contributed by atoms with Crippen molar-refractivity contribution in [2.45, 2.75) is 47.1 Å². The molecule has 0 spiro atoms.